The smallest absolute Gasteiger partial charge is 0.295 e. The molecule has 1 amide bonds. The molecule has 6 nitrogen and oxygen atoms in total. The zero-order valence-electron chi connectivity index (χ0n) is 8.35. The molecule has 0 radical (unpaired) electrons. The van der Waals surface area contributed by atoms with Gasteiger partial charge in [0.2, 0.25) is 0 Å². The molecule has 2 rings (SSSR count). The standard InChI is InChI=1S/C8H8ClN5OS/c1-14(4-5-2-3-6(9)16-5)8(15)7-10-12-13-11-7/h2-3H,4H2,1H3,(H,10,11,12,13). The second kappa shape index (κ2) is 4.58. The Labute approximate surface area is 100 Å². The van der Waals surface area contributed by atoms with Crippen LogP contribution in [0.1, 0.15) is 15.5 Å². The number of amides is 1. The highest BCUT2D eigenvalue weighted by atomic mass is 35.5. The van der Waals surface area contributed by atoms with Crippen molar-refractivity contribution in [3.8, 4) is 0 Å². The minimum absolute atomic E-state index is 0.0603. The number of hydrogen-bond donors (Lipinski definition) is 1. The van der Waals surface area contributed by atoms with Crippen LogP contribution in [0.25, 0.3) is 0 Å². The summed E-state index contributed by atoms with van der Waals surface area (Å²) in [6.07, 6.45) is 0. The number of thiophene rings is 1. The van der Waals surface area contributed by atoms with Gasteiger partial charge < -0.3 is 4.90 Å². The van der Waals surface area contributed by atoms with Gasteiger partial charge in [-0.3, -0.25) is 4.79 Å². The molecule has 2 heterocycles. The van der Waals surface area contributed by atoms with Gasteiger partial charge in [0.15, 0.2) is 0 Å². The molecule has 0 aliphatic carbocycles. The van der Waals surface area contributed by atoms with E-state index < -0.39 is 0 Å². The summed E-state index contributed by atoms with van der Waals surface area (Å²) in [7, 11) is 1.67. The molecule has 2 aromatic heterocycles. The number of aromatic nitrogens is 4. The molecular weight excluding hydrogens is 250 g/mol. The molecule has 16 heavy (non-hydrogen) atoms. The second-order valence-corrected chi connectivity index (χ2v) is 4.90. The topological polar surface area (TPSA) is 74.8 Å². The fraction of sp³-hybridized carbons (Fsp3) is 0.250. The Morgan fingerprint density at radius 1 is 1.62 bits per heavy atom. The first-order chi connectivity index (χ1) is 7.66. The number of tetrazole rings is 1. The lowest BCUT2D eigenvalue weighted by Gasteiger charge is -2.13. The third-order valence-corrected chi connectivity index (χ3v) is 3.12. The van der Waals surface area contributed by atoms with Crippen LogP contribution in [-0.4, -0.2) is 38.5 Å². The van der Waals surface area contributed by atoms with Crippen LogP contribution in [0, 0.1) is 0 Å². The Hall–Kier alpha value is -1.47. The molecule has 8 heteroatoms. The van der Waals surface area contributed by atoms with E-state index in [1.54, 1.807) is 13.1 Å². The van der Waals surface area contributed by atoms with E-state index in [4.69, 9.17) is 11.6 Å². The lowest BCUT2D eigenvalue weighted by atomic mass is 10.4. The van der Waals surface area contributed by atoms with E-state index >= 15 is 0 Å². The zero-order valence-corrected chi connectivity index (χ0v) is 9.92. The van der Waals surface area contributed by atoms with Gasteiger partial charge in [0, 0.05) is 11.9 Å². The van der Waals surface area contributed by atoms with Crippen molar-refractivity contribution in [2.45, 2.75) is 6.54 Å². The summed E-state index contributed by atoms with van der Waals surface area (Å²) in [5.41, 5.74) is 0. The molecule has 0 atom stereocenters. The van der Waals surface area contributed by atoms with Gasteiger partial charge in [-0.05, 0) is 17.3 Å². The average molecular weight is 258 g/mol. The lowest BCUT2D eigenvalue weighted by Crippen LogP contribution is -2.26. The van der Waals surface area contributed by atoms with Gasteiger partial charge >= 0.3 is 0 Å². The van der Waals surface area contributed by atoms with E-state index in [0.717, 1.165) is 4.88 Å². The maximum Gasteiger partial charge on any atom is 0.295 e. The van der Waals surface area contributed by atoms with Crippen molar-refractivity contribution in [1.29, 1.82) is 0 Å². The first-order valence-corrected chi connectivity index (χ1v) is 5.59. The van der Waals surface area contributed by atoms with Crippen molar-refractivity contribution in [3.05, 3.63) is 27.2 Å². The summed E-state index contributed by atoms with van der Waals surface area (Å²) in [6, 6.07) is 3.68. The largest absolute Gasteiger partial charge is 0.334 e. The Kier molecular flexibility index (Phi) is 3.16. The van der Waals surface area contributed by atoms with Crippen LogP contribution in [0.4, 0.5) is 0 Å². The van der Waals surface area contributed by atoms with E-state index in [2.05, 4.69) is 20.6 Å². The van der Waals surface area contributed by atoms with Crippen molar-refractivity contribution in [2.75, 3.05) is 7.05 Å². The Balaban J connectivity index is 2.03. The summed E-state index contributed by atoms with van der Waals surface area (Å²) >= 11 is 7.24. The highest BCUT2D eigenvalue weighted by Crippen LogP contribution is 2.22. The molecule has 2 aromatic rings. The quantitative estimate of drug-likeness (QED) is 0.896. The third kappa shape index (κ3) is 2.37. The summed E-state index contributed by atoms with van der Waals surface area (Å²) in [6.45, 7) is 0.477. The van der Waals surface area contributed by atoms with Gasteiger partial charge in [-0.15, -0.1) is 21.5 Å². The summed E-state index contributed by atoms with van der Waals surface area (Å²) in [5, 5.41) is 12.8. The van der Waals surface area contributed by atoms with Gasteiger partial charge in [-0.1, -0.05) is 11.6 Å². The average Bonchev–Trinajstić information content (AvgIpc) is 2.88. The summed E-state index contributed by atoms with van der Waals surface area (Å²) < 4.78 is 0.704. The summed E-state index contributed by atoms with van der Waals surface area (Å²) in [4.78, 5) is 14.2. The van der Waals surface area contributed by atoms with Gasteiger partial charge in [-0.25, -0.2) is 0 Å². The van der Waals surface area contributed by atoms with E-state index in [9.17, 15) is 4.79 Å². The molecule has 1 N–H and O–H groups in total. The number of carbonyl (C=O) groups is 1. The monoisotopic (exact) mass is 257 g/mol. The molecule has 0 aliphatic heterocycles. The predicted octanol–water partition coefficient (Wildman–Crippen LogP) is 1.19. The van der Waals surface area contributed by atoms with Gasteiger partial charge in [0.25, 0.3) is 11.7 Å². The molecule has 0 bridgehead atoms. The van der Waals surface area contributed by atoms with E-state index in [1.165, 1.54) is 16.2 Å². The van der Waals surface area contributed by atoms with Crippen molar-refractivity contribution in [3.63, 3.8) is 0 Å². The van der Waals surface area contributed by atoms with E-state index in [1.807, 2.05) is 6.07 Å². The zero-order chi connectivity index (χ0) is 11.5. The van der Waals surface area contributed by atoms with Crippen LogP contribution in [0.15, 0.2) is 12.1 Å². The predicted molar refractivity (Wildman–Crippen MR) is 59.3 cm³/mol. The number of aromatic amines is 1. The molecular formula is C8H8ClN5OS. The molecule has 84 valence electrons. The minimum Gasteiger partial charge on any atom is -0.334 e. The minimum atomic E-state index is -0.279. The number of halogens is 1. The van der Waals surface area contributed by atoms with Crippen LogP contribution in [-0.2, 0) is 6.54 Å². The Morgan fingerprint density at radius 3 is 3.00 bits per heavy atom. The molecule has 0 saturated carbocycles. The highest BCUT2D eigenvalue weighted by molar-refractivity contribution is 7.16. The lowest BCUT2D eigenvalue weighted by molar-refractivity contribution is 0.0774. The molecule has 0 unspecified atom stereocenters. The van der Waals surface area contributed by atoms with Crippen LogP contribution in [0.3, 0.4) is 0 Å². The molecule has 0 spiro atoms. The van der Waals surface area contributed by atoms with Crippen molar-refractivity contribution in [2.24, 2.45) is 0 Å². The number of H-pyrrole nitrogens is 1. The van der Waals surface area contributed by atoms with Gasteiger partial charge in [0.05, 0.1) is 10.9 Å². The highest BCUT2D eigenvalue weighted by Gasteiger charge is 2.16. The van der Waals surface area contributed by atoms with Crippen molar-refractivity contribution >= 4 is 28.8 Å². The maximum absolute atomic E-state index is 11.7. The molecule has 0 saturated heterocycles. The van der Waals surface area contributed by atoms with E-state index in [-0.39, 0.29) is 11.7 Å². The fourth-order valence-corrected chi connectivity index (χ4v) is 2.31. The molecule has 0 aliphatic rings. The second-order valence-electron chi connectivity index (χ2n) is 3.10. The van der Waals surface area contributed by atoms with Crippen LogP contribution < -0.4 is 0 Å². The SMILES string of the molecule is CN(Cc1ccc(Cl)s1)C(=O)c1nn[nH]n1. The maximum atomic E-state index is 11.7. The van der Waals surface area contributed by atoms with Crippen LogP contribution in [0.5, 0.6) is 0 Å². The van der Waals surface area contributed by atoms with Gasteiger partial charge in [-0.2, -0.15) is 5.21 Å². The van der Waals surface area contributed by atoms with Crippen LogP contribution in [0.2, 0.25) is 4.34 Å². The van der Waals surface area contributed by atoms with Crippen LogP contribution >= 0.6 is 22.9 Å². The number of nitrogens with zero attached hydrogens (tertiary/aromatic N) is 4. The van der Waals surface area contributed by atoms with Crippen molar-refractivity contribution < 1.29 is 4.79 Å². The normalized spacial score (nSPS) is 10.4. The molecule has 0 aromatic carbocycles. The Bertz CT molecular complexity index is 482. The van der Waals surface area contributed by atoms with Gasteiger partial charge in [0.1, 0.15) is 0 Å². The third-order valence-electron chi connectivity index (χ3n) is 1.91. The molecule has 0 fully saturated rings. The Morgan fingerprint density at radius 2 is 2.44 bits per heavy atom. The number of nitrogens with one attached hydrogen (secondary N) is 1. The summed E-state index contributed by atoms with van der Waals surface area (Å²) in [5.74, 6) is -0.219. The first-order valence-electron chi connectivity index (χ1n) is 4.40. The fourth-order valence-electron chi connectivity index (χ4n) is 1.17. The number of rotatable bonds is 3. The van der Waals surface area contributed by atoms with Crippen molar-refractivity contribution in [1.82, 2.24) is 25.5 Å². The first kappa shape index (κ1) is 11.0. The number of hydrogen-bond acceptors (Lipinski definition) is 5. The number of carbonyl (C=O) groups excluding carboxylic acids is 1. The van der Waals surface area contributed by atoms with E-state index in [0.29, 0.717) is 10.9 Å².